The first-order valence-corrected chi connectivity index (χ1v) is 8.90. The van der Waals surface area contributed by atoms with E-state index in [9.17, 15) is 19.7 Å². The first-order valence-electron chi connectivity index (χ1n) is 8.90. The van der Waals surface area contributed by atoms with E-state index in [2.05, 4.69) is 11.9 Å². The van der Waals surface area contributed by atoms with Gasteiger partial charge in [0.05, 0.1) is 11.5 Å². The fourth-order valence-corrected chi connectivity index (χ4v) is 3.44. The normalized spacial score (nSPS) is 19.0. The number of esters is 1. The van der Waals surface area contributed by atoms with Gasteiger partial charge in [0.2, 0.25) is 5.91 Å². The van der Waals surface area contributed by atoms with Crippen molar-refractivity contribution < 1.29 is 19.2 Å². The van der Waals surface area contributed by atoms with E-state index in [1.165, 1.54) is 6.07 Å². The molecule has 3 rings (SSSR count). The minimum atomic E-state index is -0.880. The molecular formula is C21H20N2O5. The summed E-state index contributed by atoms with van der Waals surface area (Å²) in [7, 11) is 0. The summed E-state index contributed by atoms with van der Waals surface area (Å²) in [6.07, 6.45) is 0.497. The lowest BCUT2D eigenvalue weighted by Gasteiger charge is -2.31. The molecule has 2 aromatic carbocycles. The third-order valence-electron chi connectivity index (χ3n) is 4.75. The highest BCUT2D eigenvalue weighted by Gasteiger charge is 2.41. The molecule has 0 saturated carbocycles. The maximum Gasteiger partial charge on any atom is 0.315 e. The quantitative estimate of drug-likeness (QED) is 0.472. The Hall–Kier alpha value is -3.48. The van der Waals surface area contributed by atoms with Crippen LogP contribution < -0.4 is 5.32 Å². The average Bonchev–Trinajstić information content (AvgIpc) is 2.68. The van der Waals surface area contributed by atoms with Gasteiger partial charge in [-0.25, -0.2) is 0 Å². The van der Waals surface area contributed by atoms with Gasteiger partial charge in [0.15, 0.2) is 0 Å². The van der Waals surface area contributed by atoms with Crippen molar-refractivity contribution in [3.8, 4) is 0 Å². The van der Waals surface area contributed by atoms with Crippen LogP contribution in [0, 0.1) is 16.0 Å². The summed E-state index contributed by atoms with van der Waals surface area (Å²) in [5.41, 5.74) is 1.43. The molecule has 1 amide bonds. The van der Waals surface area contributed by atoms with E-state index in [0.717, 1.165) is 5.56 Å². The van der Waals surface area contributed by atoms with Gasteiger partial charge in [-0.1, -0.05) is 55.1 Å². The molecule has 0 bridgehead atoms. The van der Waals surface area contributed by atoms with Crippen molar-refractivity contribution in [2.24, 2.45) is 5.92 Å². The number of para-hydroxylation sites is 1. The predicted molar refractivity (Wildman–Crippen MR) is 102 cm³/mol. The van der Waals surface area contributed by atoms with Gasteiger partial charge in [0.25, 0.3) is 5.69 Å². The van der Waals surface area contributed by atoms with Crippen LogP contribution in [0.2, 0.25) is 0 Å². The largest absolute Gasteiger partial charge is 0.465 e. The van der Waals surface area contributed by atoms with Gasteiger partial charge < -0.3 is 10.1 Å². The van der Waals surface area contributed by atoms with E-state index >= 15 is 0 Å². The molecule has 0 aromatic heterocycles. The lowest BCUT2D eigenvalue weighted by molar-refractivity contribution is -0.385. The molecule has 7 nitrogen and oxygen atoms in total. The van der Waals surface area contributed by atoms with Crippen molar-refractivity contribution >= 4 is 17.6 Å². The molecule has 1 aliphatic rings. The van der Waals surface area contributed by atoms with E-state index in [1.807, 2.05) is 30.3 Å². The molecule has 1 fully saturated rings. The van der Waals surface area contributed by atoms with E-state index in [4.69, 9.17) is 4.74 Å². The molecule has 1 saturated heterocycles. The van der Waals surface area contributed by atoms with Crippen molar-refractivity contribution in [1.82, 2.24) is 5.32 Å². The Kier molecular flexibility index (Phi) is 5.84. The summed E-state index contributed by atoms with van der Waals surface area (Å²) in [5.74, 6) is -2.47. The molecular weight excluding hydrogens is 360 g/mol. The van der Waals surface area contributed by atoms with Crippen LogP contribution in [0.5, 0.6) is 0 Å². The number of nitrogens with zero attached hydrogens (tertiary/aromatic N) is 1. The molecule has 2 unspecified atom stereocenters. The molecule has 2 aromatic rings. The topological polar surface area (TPSA) is 98.5 Å². The van der Waals surface area contributed by atoms with Crippen LogP contribution in [0.4, 0.5) is 5.69 Å². The number of hydrogen-bond donors (Lipinski definition) is 1. The number of nitrogens with one attached hydrogen (secondary N) is 1. The number of piperidine rings is 1. The Morgan fingerprint density at radius 3 is 2.57 bits per heavy atom. The standard InChI is InChI=1S/C21H20N2O5/c1-14-20(21(25)28-12-11-15-7-3-2-4-8-15)17(13-19(24)22-14)16-9-5-6-10-18(16)23(26)27/h2-10,17,20H,1,11-13H2,(H,22,24). The van der Waals surface area contributed by atoms with E-state index in [1.54, 1.807) is 18.2 Å². The minimum Gasteiger partial charge on any atom is -0.465 e. The van der Waals surface area contributed by atoms with Gasteiger partial charge >= 0.3 is 5.97 Å². The zero-order chi connectivity index (χ0) is 20.1. The van der Waals surface area contributed by atoms with Crippen LogP contribution in [0.1, 0.15) is 23.5 Å². The van der Waals surface area contributed by atoms with E-state index < -0.39 is 22.7 Å². The second kappa shape index (κ2) is 8.47. The van der Waals surface area contributed by atoms with Crippen LogP contribution in [0.15, 0.2) is 66.9 Å². The molecule has 0 spiro atoms. The first kappa shape index (κ1) is 19.3. The van der Waals surface area contributed by atoms with Crippen LogP contribution in [-0.4, -0.2) is 23.4 Å². The van der Waals surface area contributed by atoms with Crippen molar-refractivity contribution in [2.75, 3.05) is 6.61 Å². The van der Waals surface area contributed by atoms with Gasteiger partial charge in [-0.05, 0) is 5.56 Å². The molecule has 2 atom stereocenters. The summed E-state index contributed by atoms with van der Waals surface area (Å²) in [6.45, 7) is 3.95. The highest BCUT2D eigenvalue weighted by molar-refractivity contribution is 5.87. The Morgan fingerprint density at radius 2 is 1.86 bits per heavy atom. The summed E-state index contributed by atoms with van der Waals surface area (Å²) in [4.78, 5) is 35.7. The lowest BCUT2D eigenvalue weighted by atomic mass is 9.78. The number of carbonyl (C=O) groups is 2. The molecule has 1 N–H and O–H groups in total. The molecule has 0 aliphatic carbocycles. The van der Waals surface area contributed by atoms with Crippen molar-refractivity contribution in [1.29, 1.82) is 0 Å². The molecule has 1 aliphatic heterocycles. The summed E-state index contributed by atoms with van der Waals surface area (Å²) in [6, 6.07) is 15.7. The van der Waals surface area contributed by atoms with Crippen molar-refractivity contribution in [3.05, 3.63) is 88.1 Å². The first-order chi connectivity index (χ1) is 13.5. The predicted octanol–water partition coefficient (Wildman–Crippen LogP) is 3.11. The molecule has 7 heteroatoms. The number of ether oxygens (including phenoxy) is 1. The molecule has 28 heavy (non-hydrogen) atoms. The van der Waals surface area contributed by atoms with Gasteiger partial charge in [-0.15, -0.1) is 0 Å². The number of rotatable bonds is 6. The highest BCUT2D eigenvalue weighted by Crippen LogP contribution is 2.39. The van der Waals surface area contributed by atoms with Crippen LogP contribution in [0.25, 0.3) is 0 Å². The monoisotopic (exact) mass is 380 g/mol. The number of nitro groups is 1. The second-order valence-corrected chi connectivity index (χ2v) is 6.58. The number of hydrogen-bond acceptors (Lipinski definition) is 5. The van der Waals surface area contributed by atoms with Crippen LogP contribution in [0.3, 0.4) is 0 Å². The van der Waals surface area contributed by atoms with Gasteiger partial charge in [-0.3, -0.25) is 19.7 Å². The summed E-state index contributed by atoms with van der Waals surface area (Å²) >= 11 is 0. The van der Waals surface area contributed by atoms with Crippen molar-refractivity contribution in [3.63, 3.8) is 0 Å². The van der Waals surface area contributed by atoms with Gasteiger partial charge in [0, 0.05) is 36.1 Å². The lowest BCUT2D eigenvalue weighted by Crippen LogP contribution is -2.41. The minimum absolute atomic E-state index is 0.0532. The van der Waals surface area contributed by atoms with Gasteiger partial charge in [-0.2, -0.15) is 0 Å². The fourth-order valence-electron chi connectivity index (χ4n) is 3.44. The number of amides is 1. The van der Waals surface area contributed by atoms with Crippen LogP contribution in [-0.2, 0) is 20.7 Å². The zero-order valence-corrected chi connectivity index (χ0v) is 15.2. The smallest absolute Gasteiger partial charge is 0.315 e. The Labute approximate surface area is 162 Å². The Morgan fingerprint density at radius 1 is 1.18 bits per heavy atom. The SMILES string of the molecule is C=C1NC(=O)CC(c2ccccc2[N+](=O)[O-])C1C(=O)OCCc1ccccc1. The number of benzene rings is 2. The molecule has 1 heterocycles. The van der Waals surface area contributed by atoms with E-state index in [-0.39, 0.29) is 30.3 Å². The average molecular weight is 380 g/mol. The van der Waals surface area contributed by atoms with E-state index in [0.29, 0.717) is 12.0 Å². The molecule has 0 radical (unpaired) electrons. The Bertz CT molecular complexity index is 910. The van der Waals surface area contributed by atoms with Crippen molar-refractivity contribution in [2.45, 2.75) is 18.8 Å². The maximum absolute atomic E-state index is 12.8. The third kappa shape index (κ3) is 4.25. The number of carbonyl (C=O) groups excluding carboxylic acids is 2. The maximum atomic E-state index is 12.8. The third-order valence-corrected chi connectivity index (χ3v) is 4.75. The summed E-state index contributed by atoms with van der Waals surface area (Å²) < 4.78 is 5.42. The zero-order valence-electron chi connectivity index (χ0n) is 15.2. The fraction of sp³-hybridized carbons (Fsp3) is 0.238. The molecule has 144 valence electrons. The van der Waals surface area contributed by atoms with Crippen LogP contribution >= 0.6 is 0 Å². The summed E-state index contributed by atoms with van der Waals surface area (Å²) in [5, 5.41) is 14.0. The number of nitro benzene ring substituents is 1. The second-order valence-electron chi connectivity index (χ2n) is 6.58. The highest BCUT2D eigenvalue weighted by atomic mass is 16.6. The Balaban J connectivity index is 1.80. The van der Waals surface area contributed by atoms with Gasteiger partial charge in [0.1, 0.15) is 5.92 Å².